The molecule has 0 spiro atoms. The summed E-state index contributed by atoms with van der Waals surface area (Å²) in [4.78, 5) is 35.0. The topological polar surface area (TPSA) is 209 Å². The number of unbranched alkanes of at least 4 members (excludes halogenated alkanes) is 1. The number of thioether (sulfide) groups is 1. The summed E-state index contributed by atoms with van der Waals surface area (Å²) in [6.07, 6.45) is 2.85. The summed E-state index contributed by atoms with van der Waals surface area (Å²) in [6, 6.07) is 12.1. The summed E-state index contributed by atoms with van der Waals surface area (Å²) in [5.74, 6) is -0.991. The van der Waals surface area contributed by atoms with Gasteiger partial charge < -0.3 is 28.0 Å². The normalized spacial score (nSPS) is 12.4. The van der Waals surface area contributed by atoms with Gasteiger partial charge in [0, 0.05) is 6.54 Å². The maximum atomic E-state index is 12.3. The van der Waals surface area contributed by atoms with Gasteiger partial charge in [0.1, 0.15) is 0 Å². The number of benzene rings is 2. The third-order valence-electron chi connectivity index (χ3n) is 5.28. The fourth-order valence-corrected chi connectivity index (χ4v) is 4.31. The van der Waals surface area contributed by atoms with Crippen LogP contribution in [0, 0.1) is 0 Å². The molecule has 1 heterocycles. The summed E-state index contributed by atoms with van der Waals surface area (Å²) in [5.41, 5.74) is 24.9. The monoisotopic (exact) mass is 530 g/mol. The van der Waals surface area contributed by atoms with Crippen molar-refractivity contribution in [2.24, 2.45) is 16.5 Å². The lowest BCUT2D eigenvalue weighted by molar-refractivity contribution is 0.0972. The molecule has 1 aromatic heterocycles. The number of aliphatic imine (C=N–C) groups is 1. The van der Waals surface area contributed by atoms with Gasteiger partial charge in [-0.05, 0) is 59.3 Å². The largest absolute Gasteiger partial charge is 0.473 e. The zero-order valence-electron chi connectivity index (χ0n) is 19.3. The third-order valence-corrected chi connectivity index (χ3v) is 6.23. The highest BCUT2D eigenvalue weighted by Crippen LogP contribution is 2.26. The van der Waals surface area contributed by atoms with E-state index in [1.807, 2.05) is 30.3 Å². The fraction of sp³-hybridized carbons (Fsp3) is 0.261. The molecule has 3 aromatic rings. The van der Waals surface area contributed by atoms with E-state index < -0.39 is 16.6 Å². The Labute approximate surface area is 216 Å². The predicted octanol–water partition coefficient (Wildman–Crippen LogP) is 2.75. The van der Waals surface area contributed by atoms with Crippen molar-refractivity contribution >= 4 is 62.9 Å². The summed E-state index contributed by atoms with van der Waals surface area (Å²) >= 11 is 6.51. The number of nitrogens with two attached hydrogens (primary N) is 4. The van der Waals surface area contributed by atoms with Gasteiger partial charge in [-0.2, -0.15) is 0 Å². The molecule has 1 amide bonds. The Bertz CT molecular complexity index is 1300. The molecule has 0 radical (unpaired) electrons. The lowest BCUT2D eigenvalue weighted by Crippen LogP contribution is -2.38. The fourth-order valence-electron chi connectivity index (χ4n) is 3.66. The SMILES string of the molecule is NC(=NCCCCc1ccc(C[C@H](N)SC(=O)O)c2ccccc12)NC(=O)c1nc(Cl)c(N)nc1N. The number of nitrogens with one attached hydrogen (secondary N) is 1. The van der Waals surface area contributed by atoms with Gasteiger partial charge >= 0.3 is 5.30 Å². The van der Waals surface area contributed by atoms with Crippen LogP contribution in [-0.4, -0.2) is 44.2 Å². The van der Waals surface area contributed by atoms with E-state index in [0.717, 1.165) is 35.6 Å². The van der Waals surface area contributed by atoms with Crippen LogP contribution in [-0.2, 0) is 12.8 Å². The van der Waals surface area contributed by atoms with Gasteiger partial charge in [0.05, 0.1) is 5.37 Å². The zero-order valence-corrected chi connectivity index (χ0v) is 20.9. The minimum Gasteiger partial charge on any atom is -0.473 e. The van der Waals surface area contributed by atoms with Crippen molar-refractivity contribution in [2.75, 3.05) is 18.0 Å². The predicted molar refractivity (Wildman–Crippen MR) is 144 cm³/mol. The lowest BCUT2D eigenvalue weighted by atomic mass is 9.95. The first kappa shape index (κ1) is 27.0. The molecule has 0 saturated carbocycles. The molecular formula is C23H27ClN8O3S. The molecule has 13 heteroatoms. The van der Waals surface area contributed by atoms with E-state index >= 15 is 0 Å². The molecule has 0 aliphatic rings. The molecule has 1 atom stereocenters. The summed E-state index contributed by atoms with van der Waals surface area (Å²) in [7, 11) is 0. The number of carbonyl (C=O) groups is 2. The molecule has 0 aliphatic carbocycles. The first-order valence-corrected chi connectivity index (χ1v) is 12.3. The molecule has 3 rings (SSSR count). The minimum absolute atomic E-state index is 0.0699. The molecule has 0 bridgehead atoms. The molecule has 2 aromatic carbocycles. The van der Waals surface area contributed by atoms with E-state index in [1.54, 1.807) is 0 Å². The summed E-state index contributed by atoms with van der Waals surface area (Å²) in [6.45, 7) is 0.410. The number of aromatic nitrogens is 2. The van der Waals surface area contributed by atoms with Crippen LogP contribution in [0.2, 0.25) is 5.15 Å². The number of anilines is 2. The molecule has 11 nitrogen and oxygen atoms in total. The zero-order chi connectivity index (χ0) is 26.2. The Morgan fingerprint density at radius 2 is 1.72 bits per heavy atom. The Morgan fingerprint density at radius 1 is 1.06 bits per heavy atom. The third kappa shape index (κ3) is 7.20. The number of guanidine groups is 1. The highest BCUT2D eigenvalue weighted by Gasteiger charge is 2.17. The number of nitrogen functional groups attached to an aromatic ring is 2. The molecule has 36 heavy (non-hydrogen) atoms. The summed E-state index contributed by atoms with van der Waals surface area (Å²) in [5, 5.41) is 11.9. The second kappa shape index (κ2) is 12.4. The second-order valence-corrected chi connectivity index (χ2v) is 9.42. The highest BCUT2D eigenvalue weighted by molar-refractivity contribution is 8.13. The number of halogens is 1. The van der Waals surface area contributed by atoms with Crippen molar-refractivity contribution < 1.29 is 14.7 Å². The first-order chi connectivity index (χ1) is 17.2. The number of carboxylic acid groups (broad SMARTS) is 1. The Kier molecular flexibility index (Phi) is 9.28. The maximum absolute atomic E-state index is 12.3. The van der Waals surface area contributed by atoms with Crippen LogP contribution < -0.4 is 28.3 Å². The minimum atomic E-state index is -0.987. The van der Waals surface area contributed by atoms with Crippen LogP contribution >= 0.6 is 23.4 Å². The van der Waals surface area contributed by atoms with Crippen LogP contribution in [0.5, 0.6) is 0 Å². The van der Waals surface area contributed by atoms with Crippen LogP contribution in [0.3, 0.4) is 0 Å². The number of carbonyl (C=O) groups excluding carboxylic acids is 1. The van der Waals surface area contributed by atoms with Gasteiger partial charge in [-0.15, -0.1) is 0 Å². The smallest absolute Gasteiger partial charge is 0.366 e. The number of hydrogen-bond acceptors (Lipinski definition) is 9. The number of amides is 1. The average Bonchev–Trinajstić information content (AvgIpc) is 2.81. The Morgan fingerprint density at radius 3 is 2.42 bits per heavy atom. The first-order valence-electron chi connectivity index (χ1n) is 11.0. The molecular weight excluding hydrogens is 504 g/mol. The molecule has 0 aliphatic heterocycles. The van der Waals surface area contributed by atoms with Gasteiger partial charge in [-0.3, -0.25) is 15.1 Å². The van der Waals surface area contributed by atoms with Crippen molar-refractivity contribution in [1.82, 2.24) is 15.3 Å². The van der Waals surface area contributed by atoms with Gasteiger partial charge in [0.15, 0.2) is 28.4 Å². The molecule has 10 N–H and O–H groups in total. The van der Waals surface area contributed by atoms with Crippen molar-refractivity contribution in [3.8, 4) is 0 Å². The standard InChI is InChI=1S/C23H27ClN8O3S/c24-18-20(27)31-19(26)17(30-18)21(33)32-22(28)29-10-4-3-5-12-8-9-13(11-16(25)36-23(34)35)15-7-2-1-6-14(12)15/h1-2,6-9,16H,3-5,10-11,25H2,(H,34,35)(H4,26,27,31)(H3,28,29,32,33)/t16-/m1/s1. The lowest BCUT2D eigenvalue weighted by Gasteiger charge is -2.14. The van der Waals surface area contributed by atoms with E-state index in [0.29, 0.717) is 24.7 Å². The van der Waals surface area contributed by atoms with Crippen molar-refractivity contribution in [3.05, 3.63) is 58.4 Å². The number of rotatable bonds is 9. The second-order valence-electron chi connectivity index (χ2n) is 7.87. The quantitative estimate of drug-likeness (QED) is 0.103. The molecule has 0 fully saturated rings. The van der Waals surface area contributed by atoms with Crippen LogP contribution in [0.25, 0.3) is 10.8 Å². The number of hydrogen-bond donors (Lipinski definition) is 6. The Balaban J connectivity index is 1.55. The van der Waals surface area contributed by atoms with Crippen molar-refractivity contribution in [3.63, 3.8) is 0 Å². The van der Waals surface area contributed by atoms with E-state index in [2.05, 4.69) is 26.3 Å². The van der Waals surface area contributed by atoms with Crippen LogP contribution in [0.1, 0.15) is 34.5 Å². The van der Waals surface area contributed by atoms with Crippen molar-refractivity contribution in [1.29, 1.82) is 0 Å². The maximum Gasteiger partial charge on any atom is 0.366 e. The van der Waals surface area contributed by atoms with E-state index in [4.69, 9.17) is 39.6 Å². The molecule has 0 unspecified atom stereocenters. The van der Waals surface area contributed by atoms with E-state index in [-0.39, 0.29) is 28.4 Å². The van der Waals surface area contributed by atoms with Gasteiger partial charge in [-0.1, -0.05) is 48.0 Å². The number of nitrogens with zero attached hydrogens (tertiary/aromatic N) is 3. The van der Waals surface area contributed by atoms with E-state index in [1.165, 1.54) is 5.56 Å². The van der Waals surface area contributed by atoms with Crippen molar-refractivity contribution in [2.45, 2.75) is 31.1 Å². The summed E-state index contributed by atoms with van der Waals surface area (Å²) < 4.78 is 0. The highest BCUT2D eigenvalue weighted by atomic mass is 35.5. The average molecular weight is 531 g/mol. The van der Waals surface area contributed by atoms with Gasteiger partial charge in [0.25, 0.3) is 5.91 Å². The van der Waals surface area contributed by atoms with Crippen LogP contribution in [0.15, 0.2) is 41.4 Å². The van der Waals surface area contributed by atoms with Gasteiger partial charge in [0.2, 0.25) is 0 Å². The van der Waals surface area contributed by atoms with Crippen LogP contribution in [0.4, 0.5) is 16.4 Å². The molecule has 0 saturated heterocycles. The Hall–Kier alpha value is -3.61. The van der Waals surface area contributed by atoms with E-state index in [9.17, 15) is 9.59 Å². The number of fused-ring (bicyclic) bond motifs is 1. The number of aryl methyl sites for hydroxylation is 1. The molecule has 190 valence electrons. The van der Waals surface area contributed by atoms with Gasteiger partial charge in [-0.25, -0.2) is 14.8 Å².